The van der Waals surface area contributed by atoms with Gasteiger partial charge < -0.3 is 10.1 Å². The third-order valence-electron chi connectivity index (χ3n) is 2.38. The fraction of sp³-hybridized carbons (Fsp3) is 0.818. The molecule has 0 saturated carbocycles. The summed E-state index contributed by atoms with van der Waals surface area (Å²) in [5.74, 6) is 0.413. The van der Waals surface area contributed by atoms with E-state index in [0.29, 0.717) is 12.5 Å². The van der Waals surface area contributed by atoms with Gasteiger partial charge >= 0.3 is 0 Å². The predicted molar refractivity (Wildman–Crippen MR) is 66.9 cm³/mol. The van der Waals surface area contributed by atoms with E-state index in [0.717, 1.165) is 18.7 Å². The van der Waals surface area contributed by atoms with Gasteiger partial charge in [-0.15, -0.1) is 5.10 Å². The van der Waals surface area contributed by atoms with E-state index in [1.807, 2.05) is 0 Å². The number of hydrogen-bond donors (Lipinski definition) is 1. The van der Waals surface area contributed by atoms with Crippen molar-refractivity contribution in [3.05, 3.63) is 10.6 Å². The Kier molecular flexibility index (Phi) is 5.87. The minimum atomic E-state index is 0.224. The van der Waals surface area contributed by atoms with Crippen LogP contribution >= 0.6 is 11.5 Å². The van der Waals surface area contributed by atoms with Gasteiger partial charge in [0.2, 0.25) is 0 Å². The van der Waals surface area contributed by atoms with Crippen LogP contribution in [-0.4, -0.2) is 29.8 Å². The summed E-state index contributed by atoms with van der Waals surface area (Å²) in [7, 11) is 1.73. The summed E-state index contributed by atoms with van der Waals surface area (Å²) in [6.45, 7) is 8.10. The highest BCUT2D eigenvalue weighted by molar-refractivity contribution is 7.05. The fourth-order valence-corrected chi connectivity index (χ4v) is 2.42. The molecular weight excluding hydrogens is 222 g/mol. The van der Waals surface area contributed by atoms with E-state index in [9.17, 15) is 0 Å². The largest absolute Gasteiger partial charge is 0.383 e. The molecule has 4 nitrogen and oxygen atoms in total. The molecule has 5 heteroatoms. The molecule has 16 heavy (non-hydrogen) atoms. The maximum absolute atomic E-state index is 5.25. The van der Waals surface area contributed by atoms with Gasteiger partial charge in [0, 0.05) is 7.11 Å². The van der Waals surface area contributed by atoms with E-state index >= 15 is 0 Å². The van der Waals surface area contributed by atoms with Gasteiger partial charge in [0.15, 0.2) is 0 Å². The normalized spacial score (nSPS) is 13.3. The van der Waals surface area contributed by atoms with Gasteiger partial charge in [-0.05, 0) is 30.4 Å². The van der Waals surface area contributed by atoms with Crippen molar-refractivity contribution in [1.29, 1.82) is 0 Å². The fourth-order valence-electron chi connectivity index (χ4n) is 1.56. The Balaban J connectivity index is 2.78. The van der Waals surface area contributed by atoms with Gasteiger partial charge in [0.05, 0.1) is 23.2 Å². The first-order valence-corrected chi connectivity index (χ1v) is 6.52. The lowest BCUT2D eigenvalue weighted by atomic mass is 10.1. The lowest BCUT2D eigenvalue weighted by Gasteiger charge is -2.17. The molecule has 0 aliphatic rings. The van der Waals surface area contributed by atoms with Crippen LogP contribution in [0.2, 0.25) is 0 Å². The zero-order valence-electron chi connectivity index (χ0n) is 10.5. The molecule has 0 aliphatic heterocycles. The molecule has 1 N–H and O–H groups in total. The zero-order valence-corrected chi connectivity index (χ0v) is 11.3. The van der Waals surface area contributed by atoms with Crippen LogP contribution in [-0.2, 0) is 4.74 Å². The molecule has 0 bridgehead atoms. The molecule has 0 spiro atoms. The lowest BCUT2D eigenvalue weighted by molar-refractivity contribution is 0.167. The van der Waals surface area contributed by atoms with Crippen LogP contribution in [0.1, 0.15) is 49.7 Å². The smallest absolute Gasteiger partial charge is 0.0829 e. The van der Waals surface area contributed by atoms with Crippen molar-refractivity contribution >= 4 is 11.5 Å². The molecule has 0 amide bonds. The van der Waals surface area contributed by atoms with Gasteiger partial charge in [0.1, 0.15) is 0 Å². The molecular formula is C11H21N3OS. The van der Waals surface area contributed by atoms with E-state index in [1.165, 1.54) is 16.4 Å². The molecule has 92 valence electrons. The van der Waals surface area contributed by atoms with Crippen LogP contribution in [0.5, 0.6) is 0 Å². The molecule has 1 rings (SSSR count). The maximum atomic E-state index is 5.25. The molecule has 0 aliphatic carbocycles. The van der Waals surface area contributed by atoms with Crippen molar-refractivity contribution in [3.8, 4) is 0 Å². The first-order valence-electron chi connectivity index (χ1n) is 5.75. The average molecular weight is 243 g/mol. The molecule has 0 fully saturated rings. The quantitative estimate of drug-likeness (QED) is 0.798. The Labute approximate surface area is 102 Å². The molecule has 0 saturated heterocycles. The monoisotopic (exact) mass is 243 g/mol. The number of methoxy groups -OCH3 is 1. The zero-order chi connectivity index (χ0) is 12.0. The van der Waals surface area contributed by atoms with Crippen molar-refractivity contribution in [2.24, 2.45) is 0 Å². The lowest BCUT2D eigenvalue weighted by Crippen LogP contribution is -2.26. The highest BCUT2D eigenvalue weighted by Gasteiger charge is 2.20. The summed E-state index contributed by atoms with van der Waals surface area (Å²) in [6.07, 6.45) is 1.11. The minimum absolute atomic E-state index is 0.224. The molecule has 0 aromatic carbocycles. The predicted octanol–water partition coefficient (Wildman–Crippen LogP) is 2.35. The van der Waals surface area contributed by atoms with Gasteiger partial charge in [-0.25, -0.2) is 0 Å². The molecule has 1 unspecified atom stereocenters. The Morgan fingerprint density at radius 1 is 1.44 bits per heavy atom. The van der Waals surface area contributed by atoms with Crippen molar-refractivity contribution < 1.29 is 4.74 Å². The Morgan fingerprint density at radius 2 is 2.19 bits per heavy atom. The Bertz CT molecular complexity index is 301. The van der Waals surface area contributed by atoms with E-state index in [4.69, 9.17) is 4.74 Å². The summed E-state index contributed by atoms with van der Waals surface area (Å²) >= 11 is 1.47. The first kappa shape index (κ1) is 13.5. The van der Waals surface area contributed by atoms with Crippen LogP contribution in [0.3, 0.4) is 0 Å². The Hall–Kier alpha value is -0.520. The van der Waals surface area contributed by atoms with Gasteiger partial charge in [-0.2, -0.15) is 0 Å². The average Bonchev–Trinajstić information content (AvgIpc) is 2.73. The van der Waals surface area contributed by atoms with Crippen LogP contribution in [0.4, 0.5) is 0 Å². The summed E-state index contributed by atoms with van der Waals surface area (Å²) in [4.78, 5) is 1.21. The number of aromatic nitrogens is 2. The van der Waals surface area contributed by atoms with Crippen molar-refractivity contribution in [2.75, 3.05) is 20.3 Å². The minimum Gasteiger partial charge on any atom is -0.383 e. The second kappa shape index (κ2) is 6.93. The molecule has 1 heterocycles. The van der Waals surface area contributed by atoms with Gasteiger partial charge in [-0.3, -0.25) is 0 Å². The summed E-state index contributed by atoms with van der Waals surface area (Å²) < 4.78 is 9.30. The standard InChI is InChI=1S/C11H21N3OS/c1-5-6-12-9(7-15-4)11-10(8(2)3)13-14-16-11/h8-9,12H,5-7H2,1-4H3. The van der Waals surface area contributed by atoms with Crippen LogP contribution in [0, 0.1) is 0 Å². The van der Waals surface area contributed by atoms with Crippen LogP contribution < -0.4 is 5.32 Å². The van der Waals surface area contributed by atoms with Crippen molar-refractivity contribution in [1.82, 2.24) is 14.9 Å². The number of hydrogen-bond acceptors (Lipinski definition) is 5. The highest BCUT2D eigenvalue weighted by atomic mass is 32.1. The number of ether oxygens (including phenoxy) is 1. The van der Waals surface area contributed by atoms with Crippen LogP contribution in [0.25, 0.3) is 0 Å². The summed E-state index contributed by atoms with van der Waals surface area (Å²) in [5.41, 5.74) is 1.09. The van der Waals surface area contributed by atoms with E-state index in [1.54, 1.807) is 7.11 Å². The molecule has 1 aromatic rings. The van der Waals surface area contributed by atoms with E-state index in [2.05, 4.69) is 35.7 Å². The topological polar surface area (TPSA) is 47.0 Å². The van der Waals surface area contributed by atoms with E-state index < -0.39 is 0 Å². The highest BCUT2D eigenvalue weighted by Crippen LogP contribution is 2.26. The number of nitrogens with one attached hydrogen (secondary N) is 1. The first-order chi connectivity index (χ1) is 7.70. The summed E-state index contributed by atoms with van der Waals surface area (Å²) in [5, 5.41) is 7.67. The number of rotatable bonds is 7. The Morgan fingerprint density at radius 3 is 2.75 bits per heavy atom. The van der Waals surface area contributed by atoms with Gasteiger partial charge in [-0.1, -0.05) is 25.3 Å². The number of nitrogens with zero attached hydrogens (tertiary/aromatic N) is 2. The molecule has 1 atom stereocenters. The molecule has 0 radical (unpaired) electrons. The van der Waals surface area contributed by atoms with Crippen molar-refractivity contribution in [2.45, 2.75) is 39.2 Å². The second-order valence-electron chi connectivity index (χ2n) is 4.14. The SMILES string of the molecule is CCCNC(COC)c1snnc1C(C)C. The van der Waals surface area contributed by atoms with Crippen LogP contribution in [0.15, 0.2) is 0 Å². The maximum Gasteiger partial charge on any atom is 0.0829 e. The van der Waals surface area contributed by atoms with E-state index in [-0.39, 0.29) is 6.04 Å². The third-order valence-corrected chi connectivity index (χ3v) is 3.23. The third kappa shape index (κ3) is 3.50. The second-order valence-corrected chi connectivity index (χ2v) is 4.92. The summed E-state index contributed by atoms with van der Waals surface area (Å²) in [6, 6.07) is 0.224. The van der Waals surface area contributed by atoms with Gasteiger partial charge in [0.25, 0.3) is 0 Å². The molecule has 1 aromatic heterocycles. The van der Waals surface area contributed by atoms with Crippen molar-refractivity contribution in [3.63, 3.8) is 0 Å².